The molecule has 7 heteroatoms. The molecule has 0 unspecified atom stereocenters. The van der Waals surface area contributed by atoms with Crippen LogP contribution >= 0.6 is 0 Å². The maximum atomic E-state index is 12.3. The normalized spacial score (nSPS) is 15.3. The fraction of sp³-hybridized carbons (Fsp3) is 0.412. The number of hydrogen-bond donors (Lipinski definition) is 4. The number of carbonyl (C=O) groups is 1. The second-order valence-electron chi connectivity index (χ2n) is 5.99. The highest BCUT2D eigenvalue weighted by Gasteiger charge is 2.23. The van der Waals surface area contributed by atoms with Crippen LogP contribution in [0, 0.1) is 0 Å². The number of carbonyl (C=O) groups excluding carboxylic acids is 1. The summed E-state index contributed by atoms with van der Waals surface area (Å²) in [6.07, 6.45) is -0.255. The van der Waals surface area contributed by atoms with Gasteiger partial charge in [-0.2, -0.15) is 0 Å². The van der Waals surface area contributed by atoms with Gasteiger partial charge >= 0.3 is 0 Å². The molecular formula is C17H21N3O4. The maximum Gasteiger partial charge on any atom is 0.256 e. The average Bonchev–Trinajstić information content (AvgIpc) is 2.61. The third-order valence-electron chi connectivity index (χ3n) is 4.33. The lowest BCUT2D eigenvalue weighted by molar-refractivity contribution is -0.131. The molecule has 0 fully saturated rings. The van der Waals surface area contributed by atoms with Crippen LogP contribution in [0.3, 0.4) is 0 Å². The molecule has 1 aliphatic heterocycles. The molecule has 0 bridgehead atoms. The molecule has 0 saturated carbocycles. The number of hydrogen-bond acceptors (Lipinski definition) is 5. The fourth-order valence-corrected chi connectivity index (χ4v) is 3.03. The van der Waals surface area contributed by atoms with Gasteiger partial charge in [-0.1, -0.05) is 18.2 Å². The lowest BCUT2D eigenvalue weighted by atomic mass is 9.99. The summed E-state index contributed by atoms with van der Waals surface area (Å²) in [5.41, 5.74) is 1.79. The third-order valence-corrected chi connectivity index (χ3v) is 4.33. The molecule has 1 atom stereocenters. The van der Waals surface area contributed by atoms with Gasteiger partial charge in [0, 0.05) is 37.1 Å². The predicted molar refractivity (Wildman–Crippen MR) is 89.7 cm³/mol. The minimum atomic E-state index is -0.867. The van der Waals surface area contributed by atoms with Gasteiger partial charge in [0.25, 0.3) is 5.56 Å². The number of aliphatic hydroxyl groups excluding tert-OH is 2. The second kappa shape index (κ2) is 7.12. The lowest BCUT2D eigenvalue weighted by Crippen LogP contribution is -2.43. The summed E-state index contributed by atoms with van der Waals surface area (Å²) in [7, 11) is 0. The number of nitrogens with one attached hydrogen (secondary N) is 2. The number of benzene rings is 1. The molecule has 2 aromatic rings. The Labute approximate surface area is 138 Å². The van der Waals surface area contributed by atoms with E-state index in [-0.39, 0.29) is 31.2 Å². The minimum absolute atomic E-state index is 0.0685. The number of rotatable bonds is 5. The Balaban J connectivity index is 1.75. The van der Waals surface area contributed by atoms with E-state index >= 15 is 0 Å². The van der Waals surface area contributed by atoms with E-state index in [0.717, 1.165) is 16.6 Å². The Morgan fingerprint density at radius 3 is 2.83 bits per heavy atom. The summed E-state index contributed by atoms with van der Waals surface area (Å²) >= 11 is 0. The SMILES string of the molecule is O=C(CNC[C@@H](O)CO)N1CCc2[nH]c(=O)c3ccccc3c2C1. The van der Waals surface area contributed by atoms with E-state index in [0.29, 0.717) is 24.9 Å². The van der Waals surface area contributed by atoms with Crippen molar-refractivity contribution in [2.75, 3.05) is 26.2 Å². The molecule has 1 aromatic carbocycles. The number of nitrogens with zero attached hydrogens (tertiary/aromatic N) is 1. The van der Waals surface area contributed by atoms with Crippen LogP contribution in [0.2, 0.25) is 0 Å². The highest BCUT2D eigenvalue weighted by atomic mass is 16.3. The van der Waals surface area contributed by atoms with Crippen molar-refractivity contribution >= 4 is 16.7 Å². The van der Waals surface area contributed by atoms with E-state index in [1.807, 2.05) is 18.2 Å². The monoisotopic (exact) mass is 331 g/mol. The quantitative estimate of drug-likeness (QED) is 0.583. The zero-order valence-electron chi connectivity index (χ0n) is 13.3. The Hall–Kier alpha value is -2.22. The first-order valence-corrected chi connectivity index (χ1v) is 8.00. The molecular weight excluding hydrogens is 310 g/mol. The van der Waals surface area contributed by atoms with Crippen molar-refractivity contribution in [3.8, 4) is 0 Å². The molecule has 1 aromatic heterocycles. The molecule has 0 radical (unpaired) electrons. The summed E-state index contributed by atoms with van der Waals surface area (Å²) in [6.45, 7) is 0.939. The summed E-state index contributed by atoms with van der Waals surface area (Å²) in [5.74, 6) is -0.0685. The van der Waals surface area contributed by atoms with Gasteiger partial charge in [-0.25, -0.2) is 0 Å². The standard InChI is InChI=1S/C17H21N3O4/c21-10-11(22)7-18-8-16(23)20-6-5-15-14(9-20)12-3-1-2-4-13(12)17(24)19-15/h1-4,11,18,21-22H,5-10H2,(H,19,24)/t11-/m1/s1. The van der Waals surface area contributed by atoms with Crippen LogP contribution in [0.4, 0.5) is 0 Å². The molecule has 0 aliphatic carbocycles. The van der Waals surface area contributed by atoms with E-state index in [1.165, 1.54) is 0 Å². The van der Waals surface area contributed by atoms with Gasteiger partial charge in [-0.05, 0) is 17.0 Å². The van der Waals surface area contributed by atoms with E-state index in [2.05, 4.69) is 10.3 Å². The van der Waals surface area contributed by atoms with E-state index < -0.39 is 6.10 Å². The summed E-state index contributed by atoms with van der Waals surface area (Å²) < 4.78 is 0. The van der Waals surface area contributed by atoms with Gasteiger partial charge in [0.2, 0.25) is 5.91 Å². The highest BCUT2D eigenvalue weighted by molar-refractivity contribution is 5.86. The smallest absolute Gasteiger partial charge is 0.256 e. The molecule has 24 heavy (non-hydrogen) atoms. The molecule has 7 nitrogen and oxygen atoms in total. The Morgan fingerprint density at radius 2 is 2.08 bits per heavy atom. The van der Waals surface area contributed by atoms with Gasteiger partial charge in [0.1, 0.15) is 0 Å². The lowest BCUT2D eigenvalue weighted by Gasteiger charge is -2.29. The number of amides is 1. The van der Waals surface area contributed by atoms with Crippen molar-refractivity contribution < 1.29 is 15.0 Å². The summed E-state index contributed by atoms with van der Waals surface area (Å²) in [6, 6.07) is 7.41. The predicted octanol–water partition coefficient (Wildman–Crippen LogP) is -0.644. The average molecular weight is 331 g/mol. The molecule has 0 spiro atoms. The first-order valence-electron chi connectivity index (χ1n) is 8.00. The number of aromatic nitrogens is 1. The Bertz CT molecular complexity index is 802. The van der Waals surface area contributed by atoms with Gasteiger partial charge in [0.15, 0.2) is 0 Å². The van der Waals surface area contributed by atoms with E-state index in [4.69, 9.17) is 5.11 Å². The molecule has 3 rings (SSSR count). The number of pyridine rings is 1. The number of aliphatic hydroxyl groups is 2. The molecule has 4 N–H and O–H groups in total. The fourth-order valence-electron chi connectivity index (χ4n) is 3.03. The third kappa shape index (κ3) is 3.33. The van der Waals surface area contributed by atoms with Crippen LogP contribution in [0.15, 0.2) is 29.1 Å². The first kappa shape index (κ1) is 16.6. The van der Waals surface area contributed by atoms with Gasteiger partial charge < -0.3 is 25.4 Å². The van der Waals surface area contributed by atoms with Crippen molar-refractivity contribution in [3.63, 3.8) is 0 Å². The summed E-state index contributed by atoms with van der Waals surface area (Å²) in [4.78, 5) is 29.1. The molecule has 1 amide bonds. The van der Waals surface area contributed by atoms with Crippen molar-refractivity contribution in [2.24, 2.45) is 0 Å². The van der Waals surface area contributed by atoms with Crippen LogP contribution in [0.25, 0.3) is 10.8 Å². The number of H-pyrrole nitrogens is 1. The second-order valence-corrected chi connectivity index (χ2v) is 5.99. The topological polar surface area (TPSA) is 106 Å². The maximum absolute atomic E-state index is 12.3. The van der Waals surface area contributed by atoms with Crippen molar-refractivity contribution in [1.82, 2.24) is 15.2 Å². The first-order chi connectivity index (χ1) is 11.6. The minimum Gasteiger partial charge on any atom is -0.394 e. The van der Waals surface area contributed by atoms with Crippen molar-refractivity contribution in [3.05, 3.63) is 45.9 Å². The molecule has 0 saturated heterocycles. The highest BCUT2D eigenvalue weighted by Crippen LogP contribution is 2.23. The van der Waals surface area contributed by atoms with Crippen LogP contribution < -0.4 is 10.9 Å². The van der Waals surface area contributed by atoms with Crippen LogP contribution in [0.5, 0.6) is 0 Å². The summed E-state index contributed by atoms with van der Waals surface area (Å²) in [5, 5.41) is 22.4. The number of aromatic amines is 1. The van der Waals surface area contributed by atoms with E-state index in [9.17, 15) is 14.7 Å². The van der Waals surface area contributed by atoms with Gasteiger partial charge in [-0.3, -0.25) is 9.59 Å². The zero-order chi connectivity index (χ0) is 17.1. The molecule has 128 valence electrons. The van der Waals surface area contributed by atoms with Gasteiger partial charge in [-0.15, -0.1) is 0 Å². The number of fused-ring (bicyclic) bond motifs is 3. The zero-order valence-corrected chi connectivity index (χ0v) is 13.3. The molecule has 2 heterocycles. The Morgan fingerprint density at radius 1 is 1.33 bits per heavy atom. The van der Waals surface area contributed by atoms with E-state index in [1.54, 1.807) is 11.0 Å². The molecule has 1 aliphatic rings. The largest absolute Gasteiger partial charge is 0.394 e. The Kier molecular flexibility index (Phi) is 4.94. The van der Waals surface area contributed by atoms with Gasteiger partial charge in [0.05, 0.1) is 19.3 Å². The van der Waals surface area contributed by atoms with Crippen molar-refractivity contribution in [2.45, 2.75) is 19.1 Å². The van der Waals surface area contributed by atoms with Crippen LogP contribution in [-0.2, 0) is 17.8 Å². The van der Waals surface area contributed by atoms with Crippen LogP contribution in [-0.4, -0.2) is 58.3 Å². The van der Waals surface area contributed by atoms with Crippen molar-refractivity contribution in [1.29, 1.82) is 0 Å². The van der Waals surface area contributed by atoms with Crippen LogP contribution in [0.1, 0.15) is 11.3 Å².